The highest BCUT2D eigenvalue weighted by Crippen LogP contribution is 2.39. The van der Waals surface area contributed by atoms with E-state index in [0.717, 1.165) is 32.7 Å². The van der Waals surface area contributed by atoms with Crippen LogP contribution in [0.5, 0.6) is 11.6 Å². The smallest absolute Gasteiger partial charge is 0.247 e. The maximum Gasteiger partial charge on any atom is 0.247 e. The van der Waals surface area contributed by atoms with Gasteiger partial charge in [0, 0.05) is 16.5 Å². The van der Waals surface area contributed by atoms with Crippen LogP contribution in [0.2, 0.25) is 0 Å². The summed E-state index contributed by atoms with van der Waals surface area (Å²) in [4.78, 5) is 12.5. The summed E-state index contributed by atoms with van der Waals surface area (Å²) >= 11 is 1.60. The fourth-order valence-corrected chi connectivity index (χ4v) is 4.24. The Bertz CT molecular complexity index is 1300. The molecule has 0 fully saturated rings. The first-order chi connectivity index (χ1) is 15.2. The molecule has 0 bridgehead atoms. The summed E-state index contributed by atoms with van der Waals surface area (Å²) in [5, 5.41) is 10.7. The zero-order valence-electron chi connectivity index (χ0n) is 17.0. The number of hydrogen-bond donors (Lipinski definition) is 0. The van der Waals surface area contributed by atoms with E-state index in [4.69, 9.17) is 19.1 Å². The van der Waals surface area contributed by atoms with Crippen molar-refractivity contribution in [2.45, 2.75) is 6.54 Å². The Labute approximate surface area is 183 Å². The third-order valence-corrected chi connectivity index (χ3v) is 5.54. The predicted octanol–water partition coefficient (Wildman–Crippen LogP) is 5.26. The third-order valence-electron chi connectivity index (χ3n) is 4.66. The van der Waals surface area contributed by atoms with E-state index < -0.39 is 0 Å². The number of hydrogen-bond acceptors (Lipinski definition) is 8. The van der Waals surface area contributed by atoms with Gasteiger partial charge in [-0.25, -0.2) is 4.98 Å². The minimum absolute atomic E-state index is 0.466. The average molecular weight is 430 g/mol. The van der Waals surface area contributed by atoms with Gasteiger partial charge in [0.1, 0.15) is 16.4 Å². The Kier molecular flexibility index (Phi) is 5.15. The lowest BCUT2D eigenvalue weighted by Crippen LogP contribution is -2.13. The van der Waals surface area contributed by atoms with Crippen LogP contribution < -0.4 is 4.74 Å². The van der Waals surface area contributed by atoms with E-state index in [2.05, 4.69) is 27.7 Å². The molecule has 7 nitrogen and oxygen atoms in total. The molecule has 0 radical (unpaired) electrons. The Balaban J connectivity index is 1.57. The number of aromatic nitrogens is 4. The van der Waals surface area contributed by atoms with Crippen LogP contribution in [-0.4, -0.2) is 39.2 Å². The van der Waals surface area contributed by atoms with E-state index in [1.165, 1.54) is 6.39 Å². The molecule has 8 heteroatoms. The lowest BCUT2D eigenvalue weighted by Gasteiger charge is -2.12. The Morgan fingerprint density at radius 3 is 2.48 bits per heavy atom. The standard InChI is InChI=1S/C23H19N5O2S/c1-28(2)12-19-25-22(30-17-10-8-16(9-11-17)21-27-24-14-29-21)20-18(13-31-23(20)26-19)15-6-4-3-5-7-15/h3-11,13-14H,12H2,1-2H3. The molecule has 0 saturated heterocycles. The van der Waals surface area contributed by atoms with Crippen molar-refractivity contribution < 1.29 is 9.15 Å². The molecule has 0 spiro atoms. The zero-order valence-corrected chi connectivity index (χ0v) is 17.8. The van der Waals surface area contributed by atoms with E-state index in [1.807, 2.05) is 61.5 Å². The molecular formula is C23H19N5O2S. The van der Waals surface area contributed by atoms with E-state index in [1.54, 1.807) is 11.3 Å². The lowest BCUT2D eigenvalue weighted by molar-refractivity contribution is 0.385. The van der Waals surface area contributed by atoms with Gasteiger partial charge in [0.05, 0.1) is 11.9 Å². The van der Waals surface area contributed by atoms with Crippen molar-refractivity contribution in [2.75, 3.05) is 14.1 Å². The maximum absolute atomic E-state index is 6.28. The molecular weight excluding hydrogens is 410 g/mol. The summed E-state index contributed by atoms with van der Waals surface area (Å²) in [6.07, 6.45) is 1.31. The Morgan fingerprint density at radius 1 is 0.968 bits per heavy atom. The second-order valence-electron chi connectivity index (χ2n) is 7.25. The van der Waals surface area contributed by atoms with Crippen LogP contribution in [0, 0.1) is 0 Å². The van der Waals surface area contributed by atoms with Crippen molar-refractivity contribution in [3.63, 3.8) is 0 Å². The molecule has 0 aliphatic rings. The number of rotatable bonds is 6. The minimum Gasteiger partial charge on any atom is -0.438 e. The molecule has 0 atom stereocenters. The molecule has 3 heterocycles. The predicted molar refractivity (Wildman–Crippen MR) is 120 cm³/mol. The third kappa shape index (κ3) is 4.03. The second kappa shape index (κ2) is 8.25. The van der Waals surface area contributed by atoms with Gasteiger partial charge in [0.2, 0.25) is 18.2 Å². The van der Waals surface area contributed by atoms with Crippen LogP contribution in [0.25, 0.3) is 32.8 Å². The van der Waals surface area contributed by atoms with Crippen LogP contribution >= 0.6 is 11.3 Å². The number of thiophene rings is 1. The summed E-state index contributed by atoms with van der Waals surface area (Å²) in [6, 6.07) is 17.7. The highest BCUT2D eigenvalue weighted by molar-refractivity contribution is 7.17. The minimum atomic E-state index is 0.466. The van der Waals surface area contributed by atoms with Crippen LogP contribution in [0.3, 0.4) is 0 Å². The summed E-state index contributed by atoms with van der Waals surface area (Å²) in [7, 11) is 3.99. The maximum atomic E-state index is 6.28. The zero-order chi connectivity index (χ0) is 21.2. The first-order valence-corrected chi connectivity index (χ1v) is 10.6. The molecule has 0 unspecified atom stereocenters. The second-order valence-corrected chi connectivity index (χ2v) is 8.11. The molecule has 2 aromatic carbocycles. The Hall–Kier alpha value is -3.62. The van der Waals surface area contributed by atoms with Crippen LogP contribution in [0.15, 0.2) is 70.8 Å². The van der Waals surface area contributed by atoms with E-state index in [-0.39, 0.29) is 0 Å². The molecule has 0 aliphatic carbocycles. The van der Waals surface area contributed by atoms with Crippen molar-refractivity contribution in [3.05, 3.63) is 72.2 Å². The topological polar surface area (TPSA) is 77.2 Å². The summed E-state index contributed by atoms with van der Waals surface area (Å²) in [5.74, 6) is 2.40. The molecule has 0 saturated carbocycles. The summed E-state index contributed by atoms with van der Waals surface area (Å²) < 4.78 is 11.5. The van der Waals surface area contributed by atoms with Crippen molar-refractivity contribution in [3.8, 4) is 34.2 Å². The quantitative estimate of drug-likeness (QED) is 0.364. The van der Waals surface area contributed by atoms with Crippen molar-refractivity contribution in [2.24, 2.45) is 0 Å². The van der Waals surface area contributed by atoms with E-state index in [9.17, 15) is 0 Å². The lowest BCUT2D eigenvalue weighted by atomic mass is 10.1. The van der Waals surface area contributed by atoms with Crippen molar-refractivity contribution in [1.29, 1.82) is 0 Å². The molecule has 31 heavy (non-hydrogen) atoms. The largest absolute Gasteiger partial charge is 0.438 e. The summed E-state index contributed by atoms with van der Waals surface area (Å²) in [6.45, 7) is 0.626. The number of ether oxygens (including phenoxy) is 1. The fraction of sp³-hybridized carbons (Fsp3) is 0.130. The summed E-state index contributed by atoms with van der Waals surface area (Å²) in [5.41, 5.74) is 3.00. The highest BCUT2D eigenvalue weighted by Gasteiger charge is 2.18. The van der Waals surface area contributed by atoms with Crippen LogP contribution in [-0.2, 0) is 6.54 Å². The SMILES string of the molecule is CN(C)Cc1nc(Oc2ccc(-c3nnco3)cc2)c2c(-c3ccccc3)csc2n1. The molecule has 5 aromatic rings. The molecule has 0 N–H and O–H groups in total. The molecule has 3 aromatic heterocycles. The van der Waals surface area contributed by atoms with Gasteiger partial charge in [-0.1, -0.05) is 30.3 Å². The van der Waals surface area contributed by atoms with E-state index >= 15 is 0 Å². The van der Waals surface area contributed by atoms with Crippen molar-refractivity contribution >= 4 is 21.6 Å². The molecule has 154 valence electrons. The first kappa shape index (κ1) is 19.3. The van der Waals surface area contributed by atoms with Gasteiger partial charge in [-0.2, -0.15) is 4.98 Å². The number of fused-ring (bicyclic) bond motifs is 1. The highest BCUT2D eigenvalue weighted by atomic mass is 32.1. The van der Waals surface area contributed by atoms with Gasteiger partial charge in [-0.3, -0.25) is 0 Å². The molecule has 0 aliphatic heterocycles. The van der Waals surface area contributed by atoms with Gasteiger partial charge in [-0.15, -0.1) is 21.5 Å². The molecule has 0 amide bonds. The number of nitrogens with zero attached hydrogens (tertiary/aromatic N) is 5. The number of benzene rings is 2. The first-order valence-electron chi connectivity index (χ1n) is 9.70. The Morgan fingerprint density at radius 2 is 1.77 bits per heavy atom. The van der Waals surface area contributed by atoms with Gasteiger partial charge in [0.25, 0.3) is 0 Å². The fourth-order valence-electron chi connectivity index (χ4n) is 3.29. The van der Waals surface area contributed by atoms with E-state index in [0.29, 0.717) is 24.1 Å². The monoisotopic (exact) mass is 429 g/mol. The normalized spacial score (nSPS) is 11.3. The van der Waals surface area contributed by atoms with Gasteiger partial charge in [0.15, 0.2) is 0 Å². The van der Waals surface area contributed by atoms with Crippen molar-refractivity contribution in [1.82, 2.24) is 25.1 Å². The average Bonchev–Trinajstić information content (AvgIpc) is 3.45. The van der Waals surface area contributed by atoms with Gasteiger partial charge < -0.3 is 14.1 Å². The van der Waals surface area contributed by atoms with Gasteiger partial charge >= 0.3 is 0 Å². The van der Waals surface area contributed by atoms with Crippen LogP contribution in [0.1, 0.15) is 5.82 Å². The van der Waals surface area contributed by atoms with Gasteiger partial charge in [-0.05, 0) is 43.9 Å². The van der Waals surface area contributed by atoms with Crippen LogP contribution in [0.4, 0.5) is 0 Å². The molecule has 5 rings (SSSR count).